The van der Waals surface area contributed by atoms with E-state index in [1.165, 1.54) is 25.7 Å². The van der Waals surface area contributed by atoms with E-state index in [1.807, 2.05) is 25.1 Å². The van der Waals surface area contributed by atoms with E-state index in [-0.39, 0.29) is 11.3 Å². The summed E-state index contributed by atoms with van der Waals surface area (Å²) >= 11 is 0. The van der Waals surface area contributed by atoms with Crippen molar-refractivity contribution in [1.29, 1.82) is 0 Å². The molecule has 3 nitrogen and oxygen atoms in total. The molecule has 1 aliphatic carbocycles. The normalized spacial score (nSPS) is 16.1. The summed E-state index contributed by atoms with van der Waals surface area (Å²) in [5, 5.41) is 3.08. The molecular formula is C18H24N2O. The van der Waals surface area contributed by atoms with Gasteiger partial charge in [-0.25, -0.2) is 0 Å². The first-order valence-corrected chi connectivity index (χ1v) is 7.62. The van der Waals surface area contributed by atoms with Gasteiger partial charge in [0.15, 0.2) is 0 Å². The second-order valence-corrected chi connectivity index (χ2v) is 6.26. The van der Waals surface area contributed by atoms with Crippen molar-refractivity contribution in [3.63, 3.8) is 0 Å². The van der Waals surface area contributed by atoms with E-state index in [9.17, 15) is 4.79 Å². The molecule has 1 saturated carbocycles. The fourth-order valence-corrected chi connectivity index (χ4v) is 2.90. The Kier molecular flexibility index (Phi) is 5.03. The number of hydrogen-bond donors (Lipinski definition) is 2. The number of amides is 1. The van der Waals surface area contributed by atoms with Crippen molar-refractivity contribution >= 4 is 5.91 Å². The summed E-state index contributed by atoms with van der Waals surface area (Å²) in [4.78, 5) is 12.4. The van der Waals surface area contributed by atoms with Crippen LogP contribution in [0.2, 0.25) is 0 Å². The average Bonchev–Trinajstić information content (AvgIpc) is 2.90. The van der Waals surface area contributed by atoms with Crippen LogP contribution in [-0.4, -0.2) is 19.0 Å². The summed E-state index contributed by atoms with van der Waals surface area (Å²) in [5.41, 5.74) is 8.17. The van der Waals surface area contributed by atoms with Crippen LogP contribution in [0.1, 0.15) is 54.1 Å². The molecule has 0 heterocycles. The highest BCUT2D eigenvalue weighted by Gasteiger charge is 2.29. The van der Waals surface area contributed by atoms with Gasteiger partial charge in [-0.05, 0) is 42.9 Å². The molecule has 0 aliphatic heterocycles. The molecule has 1 aromatic rings. The summed E-state index contributed by atoms with van der Waals surface area (Å²) in [7, 11) is 0. The fourth-order valence-electron chi connectivity index (χ4n) is 2.90. The molecule has 3 N–H and O–H groups in total. The van der Waals surface area contributed by atoms with Crippen LogP contribution in [0, 0.1) is 24.2 Å². The Balaban J connectivity index is 2.11. The topological polar surface area (TPSA) is 55.1 Å². The van der Waals surface area contributed by atoms with Crippen LogP contribution in [-0.2, 0) is 0 Å². The van der Waals surface area contributed by atoms with Gasteiger partial charge in [0, 0.05) is 12.1 Å². The minimum atomic E-state index is -0.0375. The number of carbonyl (C=O) groups excluding carboxylic acids is 1. The zero-order valence-electron chi connectivity index (χ0n) is 13.0. The van der Waals surface area contributed by atoms with E-state index in [1.54, 1.807) is 0 Å². The standard InChI is InChI=1S/C18H24N2O/c1-14-7-8-16(15(12-14)6-5-11-19)17(21)20-13-18(2)9-3-4-10-18/h7-8,12H,3-4,9-11,13,19H2,1-2H3,(H,20,21). The quantitative estimate of drug-likeness (QED) is 0.838. The largest absolute Gasteiger partial charge is 0.351 e. The highest BCUT2D eigenvalue weighted by atomic mass is 16.1. The maximum absolute atomic E-state index is 12.4. The van der Waals surface area contributed by atoms with E-state index >= 15 is 0 Å². The summed E-state index contributed by atoms with van der Waals surface area (Å²) in [6, 6.07) is 5.73. The van der Waals surface area contributed by atoms with Crippen LogP contribution < -0.4 is 11.1 Å². The van der Waals surface area contributed by atoms with Gasteiger partial charge in [-0.3, -0.25) is 4.79 Å². The van der Waals surface area contributed by atoms with E-state index in [2.05, 4.69) is 24.1 Å². The van der Waals surface area contributed by atoms with Crippen molar-refractivity contribution in [3.8, 4) is 11.8 Å². The number of carbonyl (C=O) groups is 1. The van der Waals surface area contributed by atoms with Crippen LogP contribution in [0.4, 0.5) is 0 Å². The lowest BCUT2D eigenvalue weighted by molar-refractivity contribution is 0.0934. The van der Waals surface area contributed by atoms with Crippen LogP contribution in [0.15, 0.2) is 18.2 Å². The molecule has 112 valence electrons. The lowest BCUT2D eigenvalue weighted by atomic mass is 9.89. The first kappa shape index (κ1) is 15.6. The Hall–Kier alpha value is -1.79. The van der Waals surface area contributed by atoms with E-state index < -0.39 is 0 Å². The molecule has 2 rings (SSSR count). The fraction of sp³-hybridized carbons (Fsp3) is 0.500. The number of rotatable bonds is 3. The molecule has 21 heavy (non-hydrogen) atoms. The maximum atomic E-state index is 12.4. The first-order chi connectivity index (χ1) is 10.0. The highest BCUT2D eigenvalue weighted by Crippen LogP contribution is 2.36. The van der Waals surface area contributed by atoms with Gasteiger partial charge in [0.25, 0.3) is 5.91 Å². The molecule has 1 aromatic carbocycles. The molecule has 1 aliphatic rings. The van der Waals surface area contributed by atoms with Crippen molar-refractivity contribution in [2.45, 2.75) is 39.5 Å². The molecule has 0 spiro atoms. The zero-order valence-corrected chi connectivity index (χ0v) is 13.0. The molecule has 1 amide bonds. The minimum Gasteiger partial charge on any atom is -0.351 e. The number of hydrogen-bond acceptors (Lipinski definition) is 2. The summed E-state index contributed by atoms with van der Waals surface area (Å²) in [5.74, 6) is 5.79. The Labute approximate surface area is 127 Å². The van der Waals surface area contributed by atoms with Crippen LogP contribution in [0.3, 0.4) is 0 Å². The second-order valence-electron chi connectivity index (χ2n) is 6.26. The predicted octanol–water partition coefficient (Wildman–Crippen LogP) is 2.62. The smallest absolute Gasteiger partial charge is 0.252 e. The molecule has 0 atom stereocenters. The van der Waals surface area contributed by atoms with Gasteiger partial charge in [0.05, 0.1) is 12.1 Å². The van der Waals surface area contributed by atoms with Gasteiger partial charge >= 0.3 is 0 Å². The Morgan fingerprint density at radius 1 is 1.38 bits per heavy atom. The van der Waals surface area contributed by atoms with Crippen molar-refractivity contribution in [1.82, 2.24) is 5.32 Å². The highest BCUT2D eigenvalue weighted by molar-refractivity contribution is 5.96. The molecule has 0 bridgehead atoms. The first-order valence-electron chi connectivity index (χ1n) is 7.62. The number of nitrogens with one attached hydrogen (secondary N) is 1. The van der Waals surface area contributed by atoms with Gasteiger partial charge in [0.2, 0.25) is 0 Å². The predicted molar refractivity (Wildman–Crippen MR) is 86.0 cm³/mol. The van der Waals surface area contributed by atoms with Crippen LogP contribution in [0.25, 0.3) is 0 Å². The van der Waals surface area contributed by atoms with Crippen LogP contribution >= 0.6 is 0 Å². The Morgan fingerprint density at radius 3 is 2.76 bits per heavy atom. The molecule has 0 saturated heterocycles. The van der Waals surface area contributed by atoms with E-state index in [0.717, 1.165) is 17.7 Å². The summed E-state index contributed by atoms with van der Waals surface area (Å²) < 4.78 is 0. The molecular weight excluding hydrogens is 260 g/mol. The van der Waals surface area contributed by atoms with Gasteiger partial charge in [-0.1, -0.05) is 37.7 Å². The van der Waals surface area contributed by atoms with Crippen molar-refractivity contribution in [2.75, 3.05) is 13.1 Å². The second kappa shape index (κ2) is 6.78. The SMILES string of the molecule is Cc1ccc(C(=O)NCC2(C)CCCC2)c(C#CCN)c1. The van der Waals surface area contributed by atoms with Crippen molar-refractivity contribution < 1.29 is 4.79 Å². The van der Waals surface area contributed by atoms with Gasteiger partial charge < -0.3 is 11.1 Å². The monoisotopic (exact) mass is 284 g/mol. The summed E-state index contributed by atoms with van der Waals surface area (Å²) in [6.45, 7) is 5.29. The summed E-state index contributed by atoms with van der Waals surface area (Å²) in [6.07, 6.45) is 4.93. The molecule has 0 unspecified atom stereocenters. The number of benzene rings is 1. The Bertz CT molecular complexity index is 575. The van der Waals surface area contributed by atoms with Gasteiger partial charge in [-0.15, -0.1) is 0 Å². The third-order valence-electron chi connectivity index (χ3n) is 4.23. The van der Waals surface area contributed by atoms with E-state index in [4.69, 9.17) is 5.73 Å². The third kappa shape index (κ3) is 4.09. The number of aryl methyl sites for hydroxylation is 1. The average molecular weight is 284 g/mol. The van der Waals surface area contributed by atoms with Gasteiger partial charge in [0.1, 0.15) is 0 Å². The third-order valence-corrected chi connectivity index (χ3v) is 4.23. The molecule has 1 fully saturated rings. The van der Waals surface area contributed by atoms with E-state index in [0.29, 0.717) is 12.1 Å². The van der Waals surface area contributed by atoms with Crippen molar-refractivity contribution in [3.05, 3.63) is 34.9 Å². The van der Waals surface area contributed by atoms with Crippen molar-refractivity contribution in [2.24, 2.45) is 11.1 Å². The number of nitrogens with two attached hydrogens (primary N) is 1. The molecule has 0 aromatic heterocycles. The lowest BCUT2D eigenvalue weighted by Gasteiger charge is -2.23. The zero-order chi connectivity index (χ0) is 15.3. The molecule has 3 heteroatoms. The molecule has 0 radical (unpaired) electrons. The maximum Gasteiger partial charge on any atom is 0.252 e. The lowest BCUT2D eigenvalue weighted by Crippen LogP contribution is -2.34. The Morgan fingerprint density at radius 2 is 2.10 bits per heavy atom. The minimum absolute atomic E-state index is 0.0375. The van der Waals surface area contributed by atoms with Crippen LogP contribution in [0.5, 0.6) is 0 Å². The van der Waals surface area contributed by atoms with Gasteiger partial charge in [-0.2, -0.15) is 0 Å².